The van der Waals surface area contributed by atoms with Crippen LogP contribution in [0, 0.1) is 5.82 Å². The Kier molecular flexibility index (Phi) is 4.93. The van der Waals surface area contributed by atoms with Gasteiger partial charge >= 0.3 is 0 Å². The summed E-state index contributed by atoms with van der Waals surface area (Å²) in [7, 11) is 1.37. The Morgan fingerprint density at radius 1 is 1.41 bits per heavy atom. The van der Waals surface area contributed by atoms with Gasteiger partial charge in [0.15, 0.2) is 11.6 Å². The van der Waals surface area contributed by atoms with E-state index in [9.17, 15) is 9.18 Å². The molecule has 1 aromatic carbocycles. The minimum atomic E-state index is -0.490. The molecule has 3 nitrogen and oxygen atoms in total. The molecule has 0 heterocycles. The third kappa shape index (κ3) is 2.97. The predicted octanol–water partition coefficient (Wildman–Crippen LogP) is 3.08. The van der Waals surface area contributed by atoms with Gasteiger partial charge < -0.3 is 9.64 Å². The van der Waals surface area contributed by atoms with Crippen molar-refractivity contribution < 1.29 is 13.9 Å². The number of carbonyl (C=O) groups excluding carboxylic acids is 1. The molecule has 0 fully saturated rings. The summed E-state index contributed by atoms with van der Waals surface area (Å²) in [6.07, 6.45) is 0. The number of carbonyl (C=O) groups is 1. The molecule has 0 unspecified atom stereocenters. The van der Waals surface area contributed by atoms with E-state index in [0.29, 0.717) is 23.1 Å². The molecule has 0 saturated heterocycles. The second-order valence-electron chi connectivity index (χ2n) is 3.44. The average Bonchev–Trinajstić information content (AvgIpc) is 2.30. The fourth-order valence-electron chi connectivity index (χ4n) is 1.53. The van der Waals surface area contributed by atoms with Crippen molar-refractivity contribution in [1.82, 2.24) is 4.90 Å². The van der Waals surface area contributed by atoms with Gasteiger partial charge in [0, 0.05) is 17.6 Å². The van der Waals surface area contributed by atoms with Crippen molar-refractivity contribution in [3.05, 3.63) is 28.0 Å². The highest BCUT2D eigenvalue weighted by atomic mass is 79.9. The van der Waals surface area contributed by atoms with Crippen molar-refractivity contribution in [2.45, 2.75) is 13.8 Å². The lowest BCUT2D eigenvalue weighted by molar-refractivity contribution is 0.0771. The summed E-state index contributed by atoms with van der Waals surface area (Å²) in [5.41, 5.74) is 0.409. The Labute approximate surface area is 109 Å². The molecule has 0 bridgehead atoms. The van der Waals surface area contributed by atoms with Crippen LogP contribution in [0.1, 0.15) is 24.2 Å². The molecule has 1 aromatic rings. The van der Waals surface area contributed by atoms with Crippen LogP contribution in [0.15, 0.2) is 16.6 Å². The van der Waals surface area contributed by atoms with Gasteiger partial charge in [-0.1, -0.05) is 0 Å². The van der Waals surface area contributed by atoms with Crippen LogP contribution >= 0.6 is 15.9 Å². The largest absolute Gasteiger partial charge is 0.494 e. The van der Waals surface area contributed by atoms with Crippen molar-refractivity contribution in [3.63, 3.8) is 0 Å². The van der Waals surface area contributed by atoms with Gasteiger partial charge in [-0.15, -0.1) is 0 Å². The van der Waals surface area contributed by atoms with E-state index in [0.717, 1.165) is 0 Å². The molecule has 0 N–H and O–H groups in total. The van der Waals surface area contributed by atoms with Crippen LogP contribution in [0.4, 0.5) is 4.39 Å². The molecule has 94 valence electrons. The Hall–Kier alpha value is -1.10. The first-order valence-corrected chi connectivity index (χ1v) is 6.16. The fraction of sp³-hybridized carbons (Fsp3) is 0.417. The van der Waals surface area contributed by atoms with Crippen molar-refractivity contribution in [1.29, 1.82) is 0 Å². The zero-order valence-electron chi connectivity index (χ0n) is 10.1. The van der Waals surface area contributed by atoms with Crippen LogP contribution in [0.3, 0.4) is 0 Å². The van der Waals surface area contributed by atoms with E-state index in [1.165, 1.54) is 19.2 Å². The highest BCUT2D eigenvalue weighted by molar-refractivity contribution is 9.10. The van der Waals surface area contributed by atoms with E-state index in [-0.39, 0.29) is 11.7 Å². The minimum Gasteiger partial charge on any atom is -0.494 e. The molecule has 17 heavy (non-hydrogen) atoms. The number of rotatable bonds is 4. The Morgan fingerprint density at radius 3 is 2.47 bits per heavy atom. The smallest absolute Gasteiger partial charge is 0.255 e. The molecular formula is C12H15BrFNO2. The number of methoxy groups -OCH3 is 1. The number of ether oxygens (including phenoxy) is 1. The summed E-state index contributed by atoms with van der Waals surface area (Å²) < 4.78 is 18.7. The highest BCUT2D eigenvalue weighted by Crippen LogP contribution is 2.27. The van der Waals surface area contributed by atoms with Crippen molar-refractivity contribution in [2.75, 3.05) is 20.2 Å². The van der Waals surface area contributed by atoms with Gasteiger partial charge in [-0.2, -0.15) is 0 Å². The van der Waals surface area contributed by atoms with Crippen molar-refractivity contribution >= 4 is 21.8 Å². The SMILES string of the molecule is CCN(CC)C(=O)c1cc(OC)c(F)cc1Br. The van der Waals surface area contributed by atoms with E-state index >= 15 is 0 Å². The molecule has 0 saturated carbocycles. The van der Waals surface area contributed by atoms with E-state index in [1.54, 1.807) is 4.90 Å². The lowest BCUT2D eigenvalue weighted by atomic mass is 10.2. The standard InChI is InChI=1S/C12H15BrFNO2/c1-4-15(5-2)12(16)8-6-11(17-3)10(14)7-9(8)13/h6-7H,4-5H2,1-3H3. The number of benzene rings is 1. The predicted molar refractivity (Wildman–Crippen MR) is 67.9 cm³/mol. The van der Waals surface area contributed by atoms with Gasteiger partial charge in [0.1, 0.15) is 0 Å². The van der Waals surface area contributed by atoms with Crippen LogP contribution in [0.25, 0.3) is 0 Å². The molecule has 0 aliphatic carbocycles. The highest BCUT2D eigenvalue weighted by Gasteiger charge is 2.18. The van der Waals surface area contributed by atoms with Gasteiger partial charge in [-0.05, 0) is 41.9 Å². The molecule has 0 radical (unpaired) electrons. The quantitative estimate of drug-likeness (QED) is 0.855. The summed E-state index contributed by atoms with van der Waals surface area (Å²) in [5, 5.41) is 0. The average molecular weight is 304 g/mol. The monoisotopic (exact) mass is 303 g/mol. The van der Waals surface area contributed by atoms with Crippen LogP contribution in [-0.4, -0.2) is 31.0 Å². The molecule has 0 atom stereocenters. The van der Waals surface area contributed by atoms with E-state index in [1.807, 2.05) is 13.8 Å². The Balaban J connectivity index is 3.17. The van der Waals surface area contributed by atoms with Crippen LogP contribution in [0.5, 0.6) is 5.75 Å². The lowest BCUT2D eigenvalue weighted by Gasteiger charge is -2.19. The summed E-state index contributed by atoms with van der Waals surface area (Å²) >= 11 is 3.19. The second kappa shape index (κ2) is 6.00. The van der Waals surface area contributed by atoms with Crippen molar-refractivity contribution in [3.8, 4) is 5.75 Å². The first-order valence-electron chi connectivity index (χ1n) is 5.37. The minimum absolute atomic E-state index is 0.0729. The first-order chi connectivity index (χ1) is 8.04. The molecule has 0 aromatic heterocycles. The molecule has 0 aliphatic heterocycles. The summed E-state index contributed by atoms with van der Waals surface area (Å²) in [4.78, 5) is 13.8. The zero-order chi connectivity index (χ0) is 13.0. The van der Waals surface area contributed by atoms with Gasteiger partial charge in [0.05, 0.1) is 12.7 Å². The van der Waals surface area contributed by atoms with E-state index in [4.69, 9.17) is 4.74 Å². The molecule has 5 heteroatoms. The third-order valence-corrected chi connectivity index (χ3v) is 3.18. The topological polar surface area (TPSA) is 29.5 Å². The van der Waals surface area contributed by atoms with E-state index in [2.05, 4.69) is 15.9 Å². The number of nitrogens with zero attached hydrogens (tertiary/aromatic N) is 1. The molecule has 0 aliphatic rings. The number of amides is 1. The molecular weight excluding hydrogens is 289 g/mol. The van der Waals surface area contributed by atoms with Gasteiger partial charge in [0.25, 0.3) is 5.91 Å². The van der Waals surface area contributed by atoms with Crippen molar-refractivity contribution in [2.24, 2.45) is 0 Å². The van der Waals surface area contributed by atoms with Gasteiger partial charge in [-0.25, -0.2) is 4.39 Å². The number of halogens is 2. The third-order valence-electron chi connectivity index (χ3n) is 2.52. The fourth-order valence-corrected chi connectivity index (χ4v) is 2.02. The maximum Gasteiger partial charge on any atom is 0.255 e. The molecule has 0 spiro atoms. The Bertz CT molecular complexity index is 419. The number of hydrogen-bond donors (Lipinski definition) is 0. The molecule has 1 rings (SSSR count). The maximum atomic E-state index is 13.4. The van der Waals surface area contributed by atoms with Crippen LogP contribution in [-0.2, 0) is 0 Å². The number of hydrogen-bond acceptors (Lipinski definition) is 2. The summed E-state index contributed by atoms with van der Waals surface area (Å²) in [6, 6.07) is 2.66. The maximum absolute atomic E-state index is 13.4. The van der Waals surface area contributed by atoms with Gasteiger partial charge in [-0.3, -0.25) is 4.79 Å². The van der Waals surface area contributed by atoms with E-state index < -0.39 is 5.82 Å². The first kappa shape index (κ1) is 14.0. The van der Waals surface area contributed by atoms with Gasteiger partial charge in [0.2, 0.25) is 0 Å². The zero-order valence-corrected chi connectivity index (χ0v) is 11.7. The lowest BCUT2D eigenvalue weighted by Crippen LogP contribution is -2.30. The van der Waals surface area contributed by atoms with Crippen LogP contribution in [0.2, 0.25) is 0 Å². The second-order valence-corrected chi connectivity index (χ2v) is 4.30. The van der Waals surface area contributed by atoms with Crippen LogP contribution < -0.4 is 4.74 Å². The summed E-state index contributed by atoms with van der Waals surface area (Å²) in [6.45, 7) is 5.02. The Morgan fingerprint density at radius 2 is 2.00 bits per heavy atom. The molecule has 1 amide bonds. The summed E-state index contributed by atoms with van der Waals surface area (Å²) in [5.74, 6) is -0.556. The normalized spacial score (nSPS) is 10.2.